The van der Waals surface area contributed by atoms with Crippen LogP contribution in [-0.4, -0.2) is 17.0 Å². The van der Waals surface area contributed by atoms with Gasteiger partial charge in [0.1, 0.15) is 0 Å². The molecule has 0 saturated heterocycles. The van der Waals surface area contributed by atoms with Crippen molar-refractivity contribution in [1.82, 2.24) is 5.32 Å². The molecule has 0 aliphatic heterocycles. The van der Waals surface area contributed by atoms with Crippen molar-refractivity contribution in [2.75, 3.05) is 0 Å². The van der Waals surface area contributed by atoms with Gasteiger partial charge in [-0.3, -0.25) is 9.59 Å². The van der Waals surface area contributed by atoms with E-state index in [2.05, 4.69) is 5.32 Å². The number of amides is 1. The van der Waals surface area contributed by atoms with Crippen LogP contribution in [-0.2, 0) is 9.59 Å². The van der Waals surface area contributed by atoms with Gasteiger partial charge < -0.3 is 10.4 Å². The van der Waals surface area contributed by atoms with E-state index >= 15 is 0 Å². The van der Waals surface area contributed by atoms with Crippen LogP contribution >= 0.6 is 0 Å². The zero-order valence-electron chi connectivity index (χ0n) is 10.5. The quantitative estimate of drug-likeness (QED) is 0.784. The number of carbonyl (C=O) groups is 2. The number of hydrogen-bond acceptors (Lipinski definition) is 2. The van der Waals surface area contributed by atoms with E-state index in [1.54, 1.807) is 12.1 Å². The molecular formula is C14H17NO3. The summed E-state index contributed by atoms with van der Waals surface area (Å²) in [6.07, 6.45) is 1.32. The Morgan fingerprint density at radius 1 is 1.28 bits per heavy atom. The van der Waals surface area contributed by atoms with E-state index in [1.165, 1.54) is 6.08 Å². The van der Waals surface area contributed by atoms with Crippen LogP contribution in [0.4, 0.5) is 0 Å². The van der Waals surface area contributed by atoms with Crippen molar-refractivity contribution in [3.63, 3.8) is 0 Å². The number of benzene rings is 1. The second-order valence-corrected chi connectivity index (χ2v) is 4.29. The minimum Gasteiger partial charge on any atom is -0.481 e. The van der Waals surface area contributed by atoms with Crippen LogP contribution in [0.25, 0.3) is 0 Å². The Kier molecular flexibility index (Phi) is 5.11. The van der Waals surface area contributed by atoms with Gasteiger partial charge in [0, 0.05) is 6.08 Å². The van der Waals surface area contributed by atoms with Gasteiger partial charge in [0.05, 0.1) is 12.5 Å². The number of hydrogen-bond donors (Lipinski definition) is 2. The molecule has 4 heteroatoms. The summed E-state index contributed by atoms with van der Waals surface area (Å²) in [5.74, 6) is -1.22. The summed E-state index contributed by atoms with van der Waals surface area (Å²) in [6, 6.07) is 8.58. The van der Waals surface area contributed by atoms with E-state index in [1.807, 2.05) is 32.0 Å². The van der Waals surface area contributed by atoms with Gasteiger partial charge in [0.15, 0.2) is 0 Å². The first-order valence-electron chi connectivity index (χ1n) is 5.71. The largest absolute Gasteiger partial charge is 0.481 e. The Balaban J connectivity index is 2.83. The minimum atomic E-state index is -0.943. The van der Waals surface area contributed by atoms with Crippen molar-refractivity contribution in [2.45, 2.75) is 26.3 Å². The lowest BCUT2D eigenvalue weighted by molar-refractivity contribution is -0.137. The predicted octanol–water partition coefficient (Wildman–Crippen LogP) is 2.28. The molecule has 0 heterocycles. The first-order valence-corrected chi connectivity index (χ1v) is 5.71. The Morgan fingerprint density at radius 3 is 2.39 bits per heavy atom. The summed E-state index contributed by atoms with van der Waals surface area (Å²) in [5.41, 5.74) is 1.66. The zero-order valence-corrected chi connectivity index (χ0v) is 10.5. The third kappa shape index (κ3) is 4.82. The Morgan fingerprint density at radius 2 is 1.89 bits per heavy atom. The van der Waals surface area contributed by atoms with Crippen LogP contribution in [0.3, 0.4) is 0 Å². The van der Waals surface area contributed by atoms with Crippen LogP contribution in [0.2, 0.25) is 0 Å². The molecule has 0 bridgehead atoms. The highest BCUT2D eigenvalue weighted by molar-refractivity contribution is 5.88. The molecule has 4 nitrogen and oxygen atoms in total. The van der Waals surface area contributed by atoms with E-state index in [4.69, 9.17) is 5.11 Å². The molecule has 1 aromatic rings. The summed E-state index contributed by atoms with van der Waals surface area (Å²) < 4.78 is 0. The Hall–Kier alpha value is -2.10. The standard InChI is InChI=1S/C14H17NO3/c1-10(2)8-13(16)15-12(9-14(17)18)11-6-4-3-5-7-11/h3-8,12H,9H2,1-2H3,(H,15,16)(H,17,18). The average Bonchev–Trinajstić information content (AvgIpc) is 2.27. The van der Waals surface area contributed by atoms with Crippen molar-refractivity contribution in [2.24, 2.45) is 0 Å². The molecule has 1 rings (SSSR count). The molecule has 0 radical (unpaired) electrons. The molecule has 0 aliphatic rings. The fourth-order valence-corrected chi connectivity index (χ4v) is 1.59. The van der Waals surface area contributed by atoms with Crippen molar-refractivity contribution in [3.05, 3.63) is 47.5 Å². The van der Waals surface area contributed by atoms with Crippen LogP contribution in [0, 0.1) is 0 Å². The molecule has 96 valence electrons. The normalized spacial score (nSPS) is 11.4. The van der Waals surface area contributed by atoms with Crippen molar-refractivity contribution in [3.8, 4) is 0 Å². The molecular weight excluding hydrogens is 230 g/mol. The van der Waals surface area contributed by atoms with Crippen LogP contribution in [0.5, 0.6) is 0 Å². The average molecular weight is 247 g/mol. The number of allylic oxidation sites excluding steroid dienone is 1. The van der Waals surface area contributed by atoms with Gasteiger partial charge in [0.25, 0.3) is 0 Å². The monoisotopic (exact) mass is 247 g/mol. The van der Waals surface area contributed by atoms with Crippen molar-refractivity contribution >= 4 is 11.9 Å². The maximum absolute atomic E-state index is 11.6. The zero-order chi connectivity index (χ0) is 13.5. The second kappa shape index (κ2) is 6.59. The number of carboxylic acids is 1. The smallest absolute Gasteiger partial charge is 0.305 e. The first-order chi connectivity index (χ1) is 8.49. The molecule has 0 aliphatic carbocycles. The summed E-state index contributed by atoms with van der Waals surface area (Å²) in [4.78, 5) is 22.5. The number of carboxylic acid groups (broad SMARTS) is 1. The molecule has 0 spiro atoms. The van der Waals surface area contributed by atoms with E-state index in [0.29, 0.717) is 0 Å². The van der Waals surface area contributed by atoms with Gasteiger partial charge in [-0.15, -0.1) is 0 Å². The number of carbonyl (C=O) groups excluding carboxylic acids is 1. The summed E-state index contributed by atoms with van der Waals surface area (Å²) in [5, 5.41) is 11.6. The van der Waals surface area contributed by atoms with Gasteiger partial charge in [-0.25, -0.2) is 0 Å². The van der Waals surface area contributed by atoms with Crippen LogP contribution in [0.15, 0.2) is 42.0 Å². The minimum absolute atomic E-state index is 0.133. The highest BCUT2D eigenvalue weighted by atomic mass is 16.4. The van der Waals surface area contributed by atoms with Gasteiger partial charge in [0.2, 0.25) is 5.91 Å². The number of rotatable bonds is 5. The Labute approximate surface area is 106 Å². The SMILES string of the molecule is CC(C)=CC(=O)NC(CC(=O)O)c1ccccc1. The van der Waals surface area contributed by atoms with E-state index in [9.17, 15) is 9.59 Å². The van der Waals surface area contributed by atoms with Crippen LogP contribution < -0.4 is 5.32 Å². The molecule has 0 saturated carbocycles. The highest BCUT2D eigenvalue weighted by Crippen LogP contribution is 2.16. The number of nitrogens with one attached hydrogen (secondary N) is 1. The van der Waals surface area contributed by atoms with Gasteiger partial charge in [-0.2, -0.15) is 0 Å². The molecule has 1 aromatic carbocycles. The lowest BCUT2D eigenvalue weighted by Crippen LogP contribution is -2.28. The van der Waals surface area contributed by atoms with E-state index < -0.39 is 12.0 Å². The van der Waals surface area contributed by atoms with Gasteiger partial charge in [-0.05, 0) is 19.4 Å². The lowest BCUT2D eigenvalue weighted by atomic mass is 10.0. The summed E-state index contributed by atoms with van der Waals surface area (Å²) >= 11 is 0. The lowest BCUT2D eigenvalue weighted by Gasteiger charge is -2.16. The Bertz CT molecular complexity index is 447. The molecule has 0 aromatic heterocycles. The maximum atomic E-state index is 11.6. The fourth-order valence-electron chi connectivity index (χ4n) is 1.59. The fraction of sp³-hybridized carbons (Fsp3) is 0.286. The topological polar surface area (TPSA) is 66.4 Å². The second-order valence-electron chi connectivity index (χ2n) is 4.29. The third-order valence-corrected chi connectivity index (χ3v) is 2.32. The highest BCUT2D eigenvalue weighted by Gasteiger charge is 2.16. The molecule has 0 fully saturated rings. The van der Waals surface area contributed by atoms with Crippen LogP contribution in [0.1, 0.15) is 31.9 Å². The first kappa shape index (κ1) is 14.0. The van der Waals surface area contributed by atoms with Gasteiger partial charge in [-0.1, -0.05) is 35.9 Å². The summed E-state index contributed by atoms with van der Waals surface area (Å²) in [6.45, 7) is 3.63. The third-order valence-electron chi connectivity index (χ3n) is 2.32. The molecule has 1 unspecified atom stereocenters. The van der Waals surface area contributed by atoms with E-state index in [-0.39, 0.29) is 12.3 Å². The van der Waals surface area contributed by atoms with Gasteiger partial charge >= 0.3 is 5.97 Å². The number of aliphatic carboxylic acids is 1. The molecule has 18 heavy (non-hydrogen) atoms. The van der Waals surface area contributed by atoms with E-state index in [0.717, 1.165) is 11.1 Å². The van der Waals surface area contributed by atoms with Crippen molar-refractivity contribution in [1.29, 1.82) is 0 Å². The molecule has 1 atom stereocenters. The predicted molar refractivity (Wildman–Crippen MR) is 69.0 cm³/mol. The molecule has 1 amide bonds. The maximum Gasteiger partial charge on any atom is 0.305 e. The van der Waals surface area contributed by atoms with Crippen molar-refractivity contribution < 1.29 is 14.7 Å². The summed E-state index contributed by atoms with van der Waals surface area (Å²) in [7, 11) is 0. The molecule has 2 N–H and O–H groups in total.